The van der Waals surface area contributed by atoms with E-state index >= 15 is 0 Å². The van der Waals surface area contributed by atoms with Crippen molar-refractivity contribution in [1.29, 1.82) is 0 Å². The highest BCUT2D eigenvalue weighted by molar-refractivity contribution is 5.54. The zero-order chi connectivity index (χ0) is 14.3. The number of methoxy groups -OCH3 is 3. The van der Waals surface area contributed by atoms with Gasteiger partial charge in [0.1, 0.15) is 0 Å². The van der Waals surface area contributed by atoms with Crippen LogP contribution in [0.1, 0.15) is 44.2 Å². The van der Waals surface area contributed by atoms with Crippen LogP contribution in [0.3, 0.4) is 0 Å². The van der Waals surface area contributed by atoms with Crippen LogP contribution >= 0.6 is 0 Å². The largest absolute Gasteiger partial charge is 0.493 e. The lowest BCUT2D eigenvalue weighted by Crippen LogP contribution is -2.11. The summed E-state index contributed by atoms with van der Waals surface area (Å²) >= 11 is 0. The van der Waals surface area contributed by atoms with Gasteiger partial charge in [-0.05, 0) is 24.1 Å². The monoisotopic (exact) mass is 267 g/mol. The van der Waals surface area contributed by atoms with E-state index in [2.05, 4.69) is 6.92 Å². The van der Waals surface area contributed by atoms with Crippen LogP contribution in [0.25, 0.3) is 0 Å². The molecular formula is C15H25NO3. The highest BCUT2D eigenvalue weighted by atomic mass is 16.5. The molecule has 0 aliphatic heterocycles. The van der Waals surface area contributed by atoms with E-state index in [0.717, 1.165) is 18.4 Å². The van der Waals surface area contributed by atoms with E-state index in [0.29, 0.717) is 17.2 Å². The minimum absolute atomic E-state index is 0.000237. The SMILES string of the molecule is CCCCC[C@H](N)c1cc(OC)c(OC)c(OC)c1. The molecule has 1 aromatic carbocycles. The van der Waals surface area contributed by atoms with Crippen molar-refractivity contribution in [2.45, 2.75) is 38.6 Å². The van der Waals surface area contributed by atoms with Crippen LogP contribution in [0.4, 0.5) is 0 Å². The van der Waals surface area contributed by atoms with Crippen molar-refractivity contribution in [1.82, 2.24) is 0 Å². The van der Waals surface area contributed by atoms with E-state index in [1.54, 1.807) is 21.3 Å². The van der Waals surface area contributed by atoms with E-state index in [1.165, 1.54) is 12.8 Å². The van der Waals surface area contributed by atoms with Crippen molar-refractivity contribution >= 4 is 0 Å². The van der Waals surface area contributed by atoms with Crippen molar-refractivity contribution < 1.29 is 14.2 Å². The molecule has 1 atom stereocenters. The molecule has 0 aliphatic rings. The summed E-state index contributed by atoms with van der Waals surface area (Å²) in [7, 11) is 4.83. The number of hydrogen-bond acceptors (Lipinski definition) is 4. The minimum atomic E-state index is 0.000237. The van der Waals surface area contributed by atoms with Crippen LogP contribution in [0.2, 0.25) is 0 Å². The molecule has 2 N–H and O–H groups in total. The summed E-state index contributed by atoms with van der Waals surface area (Å²) < 4.78 is 16.0. The van der Waals surface area contributed by atoms with Gasteiger partial charge in [-0.2, -0.15) is 0 Å². The third-order valence-corrected chi connectivity index (χ3v) is 3.23. The predicted octanol–water partition coefficient (Wildman–Crippen LogP) is 3.29. The van der Waals surface area contributed by atoms with Gasteiger partial charge >= 0.3 is 0 Å². The lowest BCUT2D eigenvalue weighted by atomic mass is 10.0. The fourth-order valence-corrected chi connectivity index (χ4v) is 2.10. The fraction of sp³-hybridized carbons (Fsp3) is 0.600. The lowest BCUT2D eigenvalue weighted by molar-refractivity contribution is 0.323. The Kier molecular flexibility index (Phi) is 6.50. The number of hydrogen-bond donors (Lipinski definition) is 1. The van der Waals surface area contributed by atoms with Crippen molar-refractivity contribution in [2.24, 2.45) is 5.73 Å². The molecule has 0 saturated carbocycles. The van der Waals surface area contributed by atoms with Crippen LogP contribution in [0.5, 0.6) is 17.2 Å². The van der Waals surface area contributed by atoms with Gasteiger partial charge in [-0.3, -0.25) is 0 Å². The summed E-state index contributed by atoms with van der Waals surface area (Å²) in [6.45, 7) is 2.19. The third kappa shape index (κ3) is 4.03. The fourth-order valence-electron chi connectivity index (χ4n) is 2.10. The van der Waals surface area contributed by atoms with Crippen LogP contribution in [0, 0.1) is 0 Å². The Morgan fingerprint density at radius 3 is 2.00 bits per heavy atom. The second kappa shape index (κ2) is 7.89. The molecule has 1 aromatic rings. The molecule has 19 heavy (non-hydrogen) atoms. The number of nitrogens with two attached hydrogens (primary N) is 1. The topological polar surface area (TPSA) is 53.7 Å². The molecule has 0 aromatic heterocycles. The average Bonchev–Trinajstić information content (AvgIpc) is 2.45. The molecule has 0 aliphatic carbocycles. The maximum absolute atomic E-state index is 6.22. The molecule has 1 rings (SSSR count). The van der Waals surface area contributed by atoms with Crippen LogP contribution in [-0.4, -0.2) is 21.3 Å². The summed E-state index contributed by atoms with van der Waals surface area (Å²) in [6.07, 6.45) is 4.50. The number of benzene rings is 1. The van der Waals surface area contributed by atoms with Gasteiger partial charge in [0.15, 0.2) is 11.5 Å². The minimum Gasteiger partial charge on any atom is -0.493 e. The van der Waals surface area contributed by atoms with Crippen molar-refractivity contribution in [3.05, 3.63) is 17.7 Å². The zero-order valence-electron chi connectivity index (χ0n) is 12.4. The number of rotatable bonds is 8. The Morgan fingerprint density at radius 1 is 1.00 bits per heavy atom. The summed E-state index contributed by atoms with van der Waals surface area (Å²) in [5.74, 6) is 1.92. The standard InChI is InChI=1S/C15H25NO3/c1-5-6-7-8-12(16)11-9-13(17-2)15(19-4)14(10-11)18-3/h9-10,12H,5-8,16H2,1-4H3/t12-/m0/s1. The molecule has 0 unspecified atom stereocenters. The molecule has 0 fully saturated rings. The van der Waals surface area contributed by atoms with Crippen molar-refractivity contribution in [3.63, 3.8) is 0 Å². The van der Waals surface area contributed by atoms with Crippen molar-refractivity contribution in [3.8, 4) is 17.2 Å². The van der Waals surface area contributed by atoms with Gasteiger partial charge in [-0.1, -0.05) is 26.2 Å². The average molecular weight is 267 g/mol. The predicted molar refractivity (Wildman–Crippen MR) is 77.2 cm³/mol. The first-order chi connectivity index (χ1) is 9.17. The second-order valence-corrected chi connectivity index (χ2v) is 4.56. The maximum atomic E-state index is 6.22. The normalized spacial score (nSPS) is 12.1. The van der Waals surface area contributed by atoms with E-state index in [9.17, 15) is 0 Å². The Labute approximate surface area is 115 Å². The molecule has 0 radical (unpaired) electrons. The van der Waals surface area contributed by atoms with E-state index in [1.807, 2.05) is 12.1 Å². The van der Waals surface area contributed by atoms with Gasteiger partial charge in [0.2, 0.25) is 5.75 Å². The quantitative estimate of drug-likeness (QED) is 0.734. The Balaban J connectivity index is 2.95. The van der Waals surface area contributed by atoms with Gasteiger partial charge in [-0.15, -0.1) is 0 Å². The number of ether oxygens (including phenoxy) is 3. The van der Waals surface area contributed by atoms with Crippen LogP contribution in [-0.2, 0) is 0 Å². The molecule has 0 bridgehead atoms. The Hall–Kier alpha value is -1.42. The Morgan fingerprint density at radius 2 is 1.58 bits per heavy atom. The summed E-state index contributed by atoms with van der Waals surface area (Å²) in [6, 6.07) is 3.86. The van der Waals surface area contributed by atoms with E-state index in [-0.39, 0.29) is 6.04 Å². The van der Waals surface area contributed by atoms with Crippen LogP contribution in [0.15, 0.2) is 12.1 Å². The molecule has 4 nitrogen and oxygen atoms in total. The lowest BCUT2D eigenvalue weighted by Gasteiger charge is -2.17. The molecule has 0 amide bonds. The highest BCUT2D eigenvalue weighted by Crippen LogP contribution is 2.39. The third-order valence-electron chi connectivity index (χ3n) is 3.23. The first-order valence-electron chi connectivity index (χ1n) is 6.73. The maximum Gasteiger partial charge on any atom is 0.203 e. The first kappa shape index (κ1) is 15.6. The highest BCUT2D eigenvalue weighted by Gasteiger charge is 2.16. The molecule has 0 spiro atoms. The van der Waals surface area contributed by atoms with E-state index < -0.39 is 0 Å². The zero-order valence-corrected chi connectivity index (χ0v) is 12.4. The van der Waals surface area contributed by atoms with Gasteiger partial charge in [0.25, 0.3) is 0 Å². The second-order valence-electron chi connectivity index (χ2n) is 4.56. The summed E-state index contributed by atoms with van der Waals surface area (Å²) in [4.78, 5) is 0. The molecular weight excluding hydrogens is 242 g/mol. The van der Waals surface area contributed by atoms with Gasteiger partial charge < -0.3 is 19.9 Å². The van der Waals surface area contributed by atoms with E-state index in [4.69, 9.17) is 19.9 Å². The van der Waals surface area contributed by atoms with Gasteiger partial charge in [0, 0.05) is 6.04 Å². The molecule has 0 heterocycles. The summed E-state index contributed by atoms with van der Waals surface area (Å²) in [5, 5.41) is 0. The van der Waals surface area contributed by atoms with Crippen molar-refractivity contribution in [2.75, 3.05) is 21.3 Å². The molecule has 4 heteroatoms. The molecule has 0 saturated heterocycles. The van der Waals surface area contributed by atoms with Gasteiger partial charge in [0.05, 0.1) is 21.3 Å². The summed E-state index contributed by atoms with van der Waals surface area (Å²) in [5.41, 5.74) is 7.24. The smallest absolute Gasteiger partial charge is 0.203 e. The number of unbranched alkanes of at least 4 members (excludes halogenated alkanes) is 2. The first-order valence-corrected chi connectivity index (χ1v) is 6.73. The molecule has 108 valence electrons. The van der Waals surface area contributed by atoms with Gasteiger partial charge in [-0.25, -0.2) is 0 Å². The Bertz CT molecular complexity index is 368. The van der Waals surface area contributed by atoms with Crippen LogP contribution < -0.4 is 19.9 Å².